The maximum atomic E-state index is 11.8. The molecule has 108 valence electrons. The second kappa shape index (κ2) is 6.56. The number of amides is 1. The van der Waals surface area contributed by atoms with Crippen LogP contribution in [0.5, 0.6) is 5.75 Å². The summed E-state index contributed by atoms with van der Waals surface area (Å²) in [6.07, 6.45) is 3.75. The fourth-order valence-electron chi connectivity index (χ4n) is 2.00. The highest BCUT2D eigenvalue weighted by Crippen LogP contribution is 2.23. The van der Waals surface area contributed by atoms with Gasteiger partial charge in [0.05, 0.1) is 13.5 Å². The number of aromatic nitrogens is 1. The van der Waals surface area contributed by atoms with Crippen LogP contribution in [0.1, 0.15) is 5.56 Å². The monoisotopic (exact) mass is 294 g/mol. The fourth-order valence-corrected chi connectivity index (χ4v) is 2.39. The van der Waals surface area contributed by atoms with Gasteiger partial charge in [-0.25, -0.2) is 0 Å². The molecular formula is C14H18N2O3S. The van der Waals surface area contributed by atoms with Crippen LogP contribution in [0.15, 0.2) is 24.4 Å². The van der Waals surface area contributed by atoms with E-state index < -0.39 is 10.8 Å². The van der Waals surface area contributed by atoms with E-state index in [1.807, 2.05) is 24.4 Å². The van der Waals surface area contributed by atoms with Gasteiger partial charge in [0.2, 0.25) is 5.91 Å². The Morgan fingerprint density at radius 1 is 1.45 bits per heavy atom. The van der Waals surface area contributed by atoms with Gasteiger partial charge in [-0.1, -0.05) is 0 Å². The van der Waals surface area contributed by atoms with Crippen molar-refractivity contribution in [1.29, 1.82) is 0 Å². The van der Waals surface area contributed by atoms with Crippen LogP contribution >= 0.6 is 0 Å². The van der Waals surface area contributed by atoms with Crippen LogP contribution in [0, 0.1) is 0 Å². The summed E-state index contributed by atoms with van der Waals surface area (Å²) in [7, 11) is 0.731. The Morgan fingerprint density at radius 2 is 2.25 bits per heavy atom. The van der Waals surface area contributed by atoms with E-state index in [1.54, 1.807) is 13.4 Å². The first-order valence-corrected chi connectivity index (χ1v) is 8.03. The minimum absolute atomic E-state index is 0.0702. The summed E-state index contributed by atoms with van der Waals surface area (Å²) < 4.78 is 16.1. The molecule has 1 atom stereocenters. The van der Waals surface area contributed by atoms with E-state index in [1.165, 1.54) is 0 Å². The number of nitrogens with one attached hydrogen (secondary N) is 2. The molecule has 0 aliphatic rings. The molecule has 0 radical (unpaired) electrons. The number of hydrogen-bond donors (Lipinski definition) is 2. The van der Waals surface area contributed by atoms with E-state index in [2.05, 4.69) is 10.3 Å². The minimum atomic E-state index is -0.885. The second-order valence-electron chi connectivity index (χ2n) is 4.53. The maximum Gasteiger partial charge on any atom is 0.224 e. The largest absolute Gasteiger partial charge is 0.497 e. The van der Waals surface area contributed by atoms with Crippen molar-refractivity contribution in [2.45, 2.75) is 6.42 Å². The summed E-state index contributed by atoms with van der Waals surface area (Å²) in [4.78, 5) is 15.0. The molecule has 0 bridgehead atoms. The molecule has 1 aromatic carbocycles. The third-order valence-electron chi connectivity index (χ3n) is 3.04. The normalized spacial score (nSPS) is 12.3. The van der Waals surface area contributed by atoms with Crippen LogP contribution in [-0.4, -0.2) is 40.8 Å². The van der Waals surface area contributed by atoms with Crippen LogP contribution in [0.3, 0.4) is 0 Å². The molecule has 0 aliphatic carbocycles. The number of fused-ring (bicyclic) bond motifs is 1. The van der Waals surface area contributed by atoms with Gasteiger partial charge in [-0.3, -0.25) is 9.00 Å². The van der Waals surface area contributed by atoms with Crippen molar-refractivity contribution < 1.29 is 13.7 Å². The average Bonchev–Trinajstić information content (AvgIpc) is 2.80. The minimum Gasteiger partial charge on any atom is -0.497 e. The first kappa shape index (κ1) is 14.6. The lowest BCUT2D eigenvalue weighted by Gasteiger charge is -2.04. The van der Waals surface area contributed by atoms with E-state index in [4.69, 9.17) is 4.74 Å². The quantitative estimate of drug-likeness (QED) is 0.841. The van der Waals surface area contributed by atoms with Gasteiger partial charge in [-0.2, -0.15) is 0 Å². The van der Waals surface area contributed by atoms with Crippen molar-refractivity contribution in [3.05, 3.63) is 30.0 Å². The predicted octanol–water partition coefficient (Wildman–Crippen LogP) is 1.21. The summed E-state index contributed by atoms with van der Waals surface area (Å²) in [5.41, 5.74) is 1.90. The first-order valence-electron chi connectivity index (χ1n) is 6.31. The molecule has 2 N–H and O–H groups in total. The zero-order valence-corrected chi connectivity index (χ0v) is 12.4. The summed E-state index contributed by atoms with van der Waals surface area (Å²) in [5.74, 6) is 1.17. The van der Waals surface area contributed by atoms with Crippen molar-refractivity contribution in [2.24, 2.45) is 0 Å². The van der Waals surface area contributed by atoms with Gasteiger partial charge in [0.1, 0.15) is 5.75 Å². The number of H-pyrrole nitrogens is 1. The molecule has 0 saturated heterocycles. The molecule has 5 nitrogen and oxygen atoms in total. The molecule has 0 aliphatic heterocycles. The number of ether oxygens (including phenoxy) is 1. The number of carbonyl (C=O) groups is 1. The summed E-state index contributed by atoms with van der Waals surface area (Å²) in [6.45, 7) is 0.438. The highest BCUT2D eigenvalue weighted by atomic mass is 32.2. The molecule has 1 aromatic heterocycles. The number of hydrogen-bond acceptors (Lipinski definition) is 3. The highest BCUT2D eigenvalue weighted by molar-refractivity contribution is 7.84. The van der Waals surface area contributed by atoms with Gasteiger partial charge in [0.25, 0.3) is 0 Å². The van der Waals surface area contributed by atoms with Crippen molar-refractivity contribution >= 4 is 27.6 Å². The molecule has 2 aromatic rings. The van der Waals surface area contributed by atoms with Gasteiger partial charge >= 0.3 is 0 Å². The Bertz CT molecular complexity index is 636. The number of methoxy groups -OCH3 is 1. The lowest BCUT2D eigenvalue weighted by atomic mass is 10.1. The molecule has 20 heavy (non-hydrogen) atoms. The third kappa shape index (κ3) is 3.60. The first-order chi connectivity index (χ1) is 9.60. The smallest absolute Gasteiger partial charge is 0.224 e. The Kier molecular flexibility index (Phi) is 4.79. The van der Waals surface area contributed by atoms with Gasteiger partial charge in [-0.05, 0) is 23.8 Å². The van der Waals surface area contributed by atoms with Gasteiger partial charge in [0, 0.05) is 46.5 Å². The van der Waals surface area contributed by atoms with E-state index in [0.29, 0.717) is 18.7 Å². The summed E-state index contributed by atoms with van der Waals surface area (Å²) >= 11 is 0. The molecule has 2 rings (SSSR count). The van der Waals surface area contributed by atoms with Gasteiger partial charge in [0.15, 0.2) is 0 Å². The lowest BCUT2D eigenvalue weighted by Crippen LogP contribution is -2.28. The van der Waals surface area contributed by atoms with Crippen LogP contribution in [0.4, 0.5) is 0 Å². The molecule has 6 heteroatoms. The van der Waals surface area contributed by atoms with Gasteiger partial charge < -0.3 is 15.0 Å². The molecule has 1 heterocycles. The maximum absolute atomic E-state index is 11.8. The Labute approximate surface area is 120 Å². The van der Waals surface area contributed by atoms with E-state index in [-0.39, 0.29) is 5.91 Å². The van der Waals surface area contributed by atoms with Crippen LogP contribution < -0.4 is 10.1 Å². The lowest BCUT2D eigenvalue weighted by molar-refractivity contribution is -0.120. The van der Waals surface area contributed by atoms with Crippen LogP contribution in [0.25, 0.3) is 10.9 Å². The number of benzene rings is 1. The highest BCUT2D eigenvalue weighted by Gasteiger charge is 2.09. The molecule has 1 unspecified atom stereocenters. The van der Waals surface area contributed by atoms with Crippen molar-refractivity contribution in [1.82, 2.24) is 10.3 Å². The van der Waals surface area contributed by atoms with Gasteiger partial charge in [-0.15, -0.1) is 0 Å². The van der Waals surface area contributed by atoms with Crippen molar-refractivity contribution in [2.75, 3.05) is 25.7 Å². The van der Waals surface area contributed by atoms with Crippen LogP contribution in [-0.2, 0) is 22.0 Å². The van der Waals surface area contributed by atoms with Crippen LogP contribution in [0.2, 0.25) is 0 Å². The topological polar surface area (TPSA) is 71.2 Å². The molecule has 1 amide bonds. The van der Waals surface area contributed by atoms with Crippen molar-refractivity contribution in [3.8, 4) is 5.75 Å². The Morgan fingerprint density at radius 3 is 2.95 bits per heavy atom. The molecule has 0 saturated carbocycles. The Balaban J connectivity index is 2.05. The van der Waals surface area contributed by atoms with Crippen molar-refractivity contribution in [3.63, 3.8) is 0 Å². The Hall–Kier alpha value is -1.82. The zero-order chi connectivity index (χ0) is 14.5. The zero-order valence-electron chi connectivity index (χ0n) is 11.6. The van der Waals surface area contributed by atoms with E-state index in [0.717, 1.165) is 22.2 Å². The van der Waals surface area contributed by atoms with E-state index in [9.17, 15) is 9.00 Å². The summed E-state index contributed by atoms with van der Waals surface area (Å²) in [5, 5.41) is 3.75. The van der Waals surface area contributed by atoms with E-state index >= 15 is 0 Å². The second-order valence-corrected chi connectivity index (χ2v) is 6.08. The fraction of sp³-hybridized carbons (Fsp3) is 0.357. The summed E-state index contributed by atoms with van der Waals surface area (Å²) in [6, 6.07) is 5.71. The molecule has 0 fully saturated rings. The third-order valence-corrected chi connectivity index (χ3v) is 3.82. The average molecular weight is 294 g/mol. The molecule has 0 spiro atoms. The number of rotatable bonds is 6. The number of aromatic amines is 1. The predicted molar refractivity (Wildman–Crippen MR) is 80.5 cm³/mol. The SMILES string of the molecule is COc1ccc2[nH]cc(CC(=O)NCCS(C)=O)c2c1. The molecular weight excluding hydrogens is 276 g/mol. The standard InChI is InChI=1S/C14H18N2O3S/c1-19-11-3-4-13-12(8-11)10(9-16-13)7-14(17)15-5-6-20(2)18/h3-4,8-9,16H,5-7H2,1-2H3,(H,15,17). The number of carbonyl (C=O) groups excluding carboxylic acids is 1.